The minimum atomic E-state index is -1.98. The lowest BCUT2D eigenvalue weighted by Crippen LogP contribution is -2.46. The van der Waals surface area contributed by atoms with E-state index in [4.69, 9.17) is 44.0 Å². The van der Waals surface area contributed by atoms with E-state index in [-0.39, 0.29) is 17.0 Å². The number of rotatable bonds is 6. The third kappa shape index (κ3) is 8.28. The second-order valence-corrected chi connectivity index (χ2v) is 18.2. The van der Waals surface area contributed by atoms with Gasteiger partial charge >= 0.3 is 6.09 Å². The molecule has 1 atom stereocenters. The van der Waals surface area contributed by atoms with Gasteiger partial charge in [0.15, 0.2) is 8.32 Å². The molecular formula is C22H30Cl3IN2O4Si. The Morgan fingerprint density at radius 2 is 1.91 bits per heavy atom. The van der Waals surface area contributed by atoms with Crippen LogP contribution < -0.4 is 5.32 Å². The van der Waals surface area contributed by atoms with Gasteiger partial charge in [0.1, 0.15) is 6.61 Å². The van der Waals surface area contributed by atoms with Crippen LogP contribution >= 0.6 is 57.4 Å². The molecule has 0 saturated carbocycles. The topological polar surface area (TPSA) is 67.9 Å². The second-order valence-electron chi connectivity index (χ2n) is 9.62. The SMILES string of the molecule is C=C1C[C@@H](CO[Si](C)(C)C(C)(C)C)N(C(=O)c2cc(I)ccc2NC(=O)OCC(Cl)(Cl)Cl)C1. The molecule has 1 aromatic rings. The summed E-state index contributed by atoms with van der Waals surface area (Å²) in [5.41, 5.74) is 1.63. The highest BCUT2D eigenvalue weighted by Crippen LogP contribution is 2.37. The lowest BCUT2D eigenvalue weighted by molar-refractivity contribution is 0.0686. The van der Waals surface area contributed by atoms with Crippen molar-refractivity contribution in [3.63, 3.8) is 0 Å². The minimum Gasteiger partial charge on any atom is -0.445 e. The van der Waals surface area contributed by atoms with E-state index in [9.17, 15) is 9.59 Å². The van der Waals surface area contributed by atoms with Crippen molar-refractivity contribution in [2.45, 2.75) is 55.2 Å². The predicted octanol–water partition coefficient (Wildman–Crippen LogP) is 7.00. The lowest BCUT2D eigenvalue weighted by Gasteiger charge is -2.38. The van der Waals surface area contributed by atoms with Crippen LogP contribution in [0.15, 0.2) is 30.4 Å². The number of alkyl halides is 3. The Hall–Kier alpha value is -0.523. The molecule has 1 aliphatic rings. The number of carbonyl (C=O) groups is 2. The summed E-state index contributed by atoms with van der Waals surface area (Å²) < 4.78 is 10.5. The number of amides is 2. The first-order valence-electron chi connectivity index (χ1n) is 10.4. The molecule has 0 aromatic heterocycles. The molecule has 1 fully saturated rings. The Morgan fingerprint density at radius 3 is 2.48 bits per heavy atom. The summed E-state index contributed by atoms with van der Waals surface area (Å²) in [6.45, 7) is 15.5. The first kappa shape index (κ1) is 28.7. The molecular weight excluding hydrogens is 618 g/mol. The van der Waals surface area contributed by atoms with Gasteiger partial charge in [-0.3, -0.25) is 10.1 Å². The van der Waals surface area contributed by atoms with Gasteiger partial charge in [-0.05, 0) is 65.3 Å². The first-order chi connectivity index (χ1) is 15.0. The van der Waals surface area contributed by atoms with Gasteiger partial charge in [0, 0.05) is 10.1 Å². The average Bonchev–Trinajstić information content (AvgIpc) is 3.05. The van der Waals surface area contributed by atoms with Gasteiger partial charge < -0.3 is 14.1 Å². The largest absolute Gasteiger partial charge is 0.445 e. The van der Waals surface area contributed by atoms with Crippen LogP contribution in [0.5, 0.6) is 0 Å². The maximum absolute atomic E-state index is 13.6. The van der Waals surface area contributed by atoms with E-state index in [2.05, 4.69) is 68.4 Å². The molecule has 0 aliphatic carbocycles. The minimum absolute atomic E-state index is 0.0666. The summed E-state index contributed by atoms with van der Waals surface area (Å²) in [5, 5.41) is 2.65. The van der Waals surface area contributed by atoms with E-state index in [0.717, 1.165) is 9.14 Å². The normalized spacial score (nSPS) is 17.3. The standard InChI is InChI=1S/C22H30Cl3IN2O4Si/c1-14-9-16(12-32-33(5,6)21(2,3)4)28(11-14)19(29)17-10-15(26)7-8-18(17)27-20(30)31-13-22(23,24)25/h7-8,10,16H,1,9,11-13H2,2-6H3,(H,27,30)/t16-/m0/s1. The van der Waals surface area contributed by atoms with Crippen molar-refractivity contribution < 1.29 is 18.8 Å². The summed E-state index contributed by atoms with van der Waals surface area (Å²) in [7, 11) is -1.98. The molecule has 1 saturated heterocycles. The molecule has 6 nitrogen and oxygen atoms in total. The number of carbonyl (C=O) groups excluding carboxylic acids is 2. The highest BCUT2D eigenvalue weighted by Gasteiger charge is 2.40. The number of likely N-dealkylation sites (tertiary alicyclic amines) is 1. The molecule has 1 aromatic carbocycles. The van der Waals surface area contributed by atoms with Crippen molar-refractivity contribution in [1.82, 2.24) is 4.90 Å². The number of ether oxygens (including phenoxy) is 1. The van der Waals surface area contributed by atoms with Crippen LogP contribution in [0.3, 0.4) is 0 Å². The zero-order chi connectivity index (χ0) is 25.2. The van der Waals surface area contributed by atoms with Crippen LogP contribution in [0.1, 0.15) is 37.6 Å². The third-order valence-electron chi connectivity index (χ3n) is 5.88. The zero-order valence-corrected chi connectivity index (χ0v) is 24.9. The van der Waals surface area contributed by atoms with Crippen LogP contribution in [0.25, 0.3) is 0 Å². The third-order valence-corrected chi connectivity index (χ3v) is 11.4. The number of halogens is 4. The Labute approximate surface area is 225 Å². The van der Waals surface area contributed by atoms with E-state index >= 15 is 0 Å². The number of nitrogens with zero attached hydrogens (tertiary/aromatic N) is 1. The predicted molar refractivity (Wildman–Crippen MR) is 146 cm³/mol. The van der Waals surface area contributed by atoms with Gasteiger partial charge in [-0.15, -0.1) is 0 Å². The molecule has 2 amide bonds. The van der Waals surface area contributed by atoms with E-state index in [1.165, 1.54) is 0 Å². The maximum Gasteiger partial charge on any atom is 0.411 e. The molecule has 1 N–H and O–H groups in total. The molecule has 184 valence electrons. The van der Waals surface area contributed by atoms with E-state index < -0.39 is 24.8 Å². The number of hydrogen-bond acceptors (Lipinski definition) is 4. The smallest absolute Gasteiger partial charge is 0.411 e. The summed E-state index contributed by atoms with van der Waals surface area (Å²) in [5.74, 6) is -0.215. The van der Waals surface area contributed by atoms with Gasteiger partial charge in [0.25, 0.3) is 5.91 Å². The van der Waals surface area contributed by atoms with Crippen LogP contribution in [0.2, 0.25) is 18.1 Å². The molecule has 33 heavy (non-hydrogen) atoms. The summed E-state index contributed by atoms with van der Waals surface area (Å²) in [4.78, 5) is 27.5. The monoisotopic (exact) mass is 646 g/mol. The quantitative estimate of drug-likeness (QED) is 0.156. The Balaban J connectivity index is 2.21. The van der Waals surface area contributed by atoms with Crippen LogP contribution in [-0.4, -0.2) is 54.8 Å². The van der Waals surface area contributed by atoms with Crippen LogP contribution in [-0.2, 0) is 9.16 Å². The van der Waals surface area contributed by atoms with Crippen molar-refractivity contribution >= 4 is 83.4 Å². The number of hydrogen-bond donors (Lipinski definition) is 1. The Bertz CT molecular complexity index is 916. The molecule has 1 heterocycles. The summed E-state index contributed by atoms with van der Waals surface area (Å²) >= 11 is 19.0. The van der Waals surface area contributed by atoms with Crippen molar-refractivity contribution in [2.75, 3.05) is 25.1 Å². The fourth-order valence-electron chi connectivity index (χ4n) is 3.04. The maximum atomic E-state index is 13.6. The molecule has 0 radical (unpaired) electrons. The fourth-order valence-corrected chi connectivity index (χ4v) is 4.73. The molecule has 2 rings (SSSR count). The molecule has 0 bridgehead atoms. The van der Waals surface area contributed by atoms with E-state index in [0.29, 0.717) is 30.8 Å². The van der Waals surface area contributed by atoms with Crippen molar-refractivity contribution in [3.05, 3.63) is 39.5 Å². The van der Waals surface area contributed by atoms with Gasteiger partial charge in [-0.1, -0.05) is 67.7 Å². The second kappa shape index (κ2) is 11.0. The van der Waals surface area contributed by atoms with E-state index in [1.54, 1.807) is 23.1 Å². The average molecular weight is 648 g/mol. The molecule has 1 aliphatic heterocycles. The number of benzene rings is 1. The Morgan fingerprint density at radius 1 is 1.27 bits per heavy atom. The number of anilines is 1. The van der Waals surface area contributed by atoms with Gasteiger partial charge in [0.2, 0.25) is 3.79 Å². The highest BCUT2D eigenvalue weighted by atomic mass is 127. The lowest BCUT2D eigenvalue weighted by atomic mass is 10.1. The van der Waals surface area contributed by atoms with Crippen LogP contribution in [0, 0.1) is 3.57 Å². The van der Waals surface area contributed by atoms with Gasteiger partial charge in [-0.2, -0.15) is 0 Å². The zero-order valence-electron chi connectivity index (χ0n) is 19.4. The van der Waals surface area contributed by atoms with Gasteiger partial charge in [0.05, 0.1) is 23.9 Å². The number of nitrogens with one attached hydrogen (secondary N) is 1. The summed E-state index contributed by atoms with van der Waals surface area (Å²) in [6.07, 6.45) is -0.140. The summed E-state index contributed by atoms with van der Waals surface area (Å²) in [6, 6.07) is 5.03. The molecule has 0 unspecified atom stereocenters. The fraction of sp³-hybridized carbons (Fsp3) is 0.545. The van der Waals surface area contributed by atoms with Crippen LogP contribution in [0.4, 0.5) is 10.5 Å². The molecule has 0 spiro atoms. The van der Waals surface area contributed by atoms with Gasteiger partial charge in [-0.25, -0.2) is 4.79 Å². The highest BCUT2D eigenvalue weighted by molar-refractivity contribution is 14.1. The van der Waals surface area contributed by atoms with E-state index in [1.807, 2.05) is 0 Å². The van der Waals surface area contributed by atoms with Crippen molar-refractivity contribution in [1.29, 1.82) is 0 Å². The molecule has 11 heteroatoms. The van der Waals surface area contributed by atoms with Crippen molar-refractivity contribution in [3.8, 4) is 0 Å². The van der Waals surface area contributed by atoms with Crippen molar-refractivity contribution in [2.24, 2.45) is 0 Å². The first-order valence-corrected chi connectivity index (χ1v) is 15.5. The Kier molecular flexibility index (Phi) is 9.60.